The minimum atomic E-state index is 0.406. The van der Waals surface area contributed by atoms with Crippen LogP contribution in [0.5, 0.6) is 5.88 Å². The van der Waals surface area contributed by atoms with Crippen molar-refractivity contribution in [2.24, 2.45) is 4.99 Å². The van der Waals surface area contributed by atoms with Gasteiger partial charge in [0, 0.05) is 11.8 Å². The molecule has 2 rings (SSSR count). The smallest absolute Gasteiger partial charge is 0.213 e. The molecule has 0 saturated carbocycles. The standard InChI is InChI=1S/C11H15N3OS/c1-3-15-10-5-4-9(6-12-10)14-11-13-8(2)7-16-11/h4-6,8H,3,7H2,1-2H3,(H,13,14). The molecule has 0 bridgehead atoms. The van der Waals surface area contributed by atoms with Crippen LogP contribution in [0.2, 0.25) is 0 Å². The third-order valence-electron chi connectivity index (χ3n) is 2.08. The highest BCUT2D eigenvalue weighted by Gasteiger charge is 2.13. The second kappa shape index (κ2) is 5.21. The Morgan fingerprint density at radius 2 is 2.44 bits per heavy atom. The molecule has 1 aromatic rings. The maximum Gasteiger partial charge on any atom is 0.213 e. The fraction of sp³-hybridized carbons (Fsp3) is 0.455. The number of rotatable bonds is 3. The van der Waals surface area contributed by atoms with Gasteiger partial charge in [-0.2, -0.15) is 0 Å². The van der Waals surface area contributed by atoms with Crippen molar-refractivity contribution in [2.45, 2.75) is 19.9 Å². The third kappa shape index (κ3) is 2.88. The molecule has 4 nitrogen and oxygen atoms in total. The van der Waals surface area contributed by atoms with Gasteiger partial charge in [0.2, 0.25) is 5.88 Å². The van der Waals surface area contributed by atoms with E-state index in [0.29, 0.717) is 18.5 Å². The van der Waals surface area contributed by atoms with E-state index in [-0.39, 0.29) is 0 Å². The number of thioether (sulfide) groups is 1. The van der Waals surface area contributed by atoms with Crippen LogP contribution in [0.25, 0.3) is 0 Å². The molecule has 1 N–H and O–H groups in total. The first-order valence-electron chi connectivity index (χ1n) is 5.34. The van der Waals surface area contributed by atoms with Crippen LogP contribution in [0.15, 0.2) is 23.3 Å². The van der Waals surface area contributed by atoms with Crippen LogP contribution in [0, 0.1) is 0 Å². The predicted molar refractivity (Wildman–Crippen MR) is 68.4 cm³/mol. The SMILES string of the molecule is CCOc1ccc(NC2=NC(C)CS2)cn1. The number of hydrogen-bond donors (Lipinski definition) is 1. The van der Waals surface area contributed by atoms with Crippen molar-refractivity contribution in [1.29, 1.82) is 0 Å². The Kier molecular flexibility index (Phi) is 3.66. The van der Waals surface area contributed by atoms with Crippen LogP contribution in [-0.2, 0) is 0 Å². The van der Waals surface area contributed by atoms with E-state index < -0.39 is 0 Å². The Bertz CT molecular complexity index is 377. The van der Waals surface area contributed by atoms with Crippen LogP contribution in [0.4, 0.5) is 5.69 Å². The Balaban J connectivity index is 1.97. The summed E-state index contributed by atoms with van der Waals surface area (Å²) in [7, 11) is 0. The molecule has 0 amide bonds. The van der Waals surface area contributed by atoms with Crippen molar-refractivity contribution in [1.82, 2.24) is 4.98 Å². The summed E-state index contributed by atoms with van der Waals surface area (Å²) >= 11 is 1.74. The first-order chi connectivity index (χ1) is 7.78. The average molecular weight is 237 g/mol. The van der Waals surface area contributed by atoms with Crippen molar-refractivity contribution in [3.63, 3.8) is 0 Å². The number of amidine groups is 1. The van der Waals surface area contributed by atoms with Crippen LogP contribution in [0.3, 0.4) is 0 Å². The number of anilines is 1. The Morgan fingerprint density at radius 3 is 3.00 bits per heavy atom. The van der Waals surface area contributed by atoms with E-state index in [1.807, 2.05) is 19.1 Å². The Labute approximate surface area is 99.5 Å². The summed E-state index contributed by atoms with van der Waals surface area (Å²) in [4.78, 5) is 8.63. The number of nitrogens with zero attached hydrogens (tertiary/aromatic N) is 2. The second-order valence-corrected chi connectivity index (χ2v) is 4.55. The number of ether oxygens (including phenoxy) is 1. The van der Waals surface area contributed by atoms with Gasteiger partial charge in [-0.25, -0.2) is 4.98 Å². The topological polar surface area (TPSA) is 46.5 Å². The molecule has 1 unspecified atom stereocenters. The number of aliphatic imine (C=N–C) groups is 1. The number of pyridine rings is 1. The zero-order valence-electron chi connectivity index (χ0n) is 9.43. The fourth-order valence-corrected chi connectivity index (χ4v) is 2.27. The van der Waals surface area contributed by atoms with E-state index in [0.717, 1.165) is 16.6 Å². The highest BCUT2D eigenvalue weighted by Crippen LogP contribution is 2.20. The maximum absolute atomic E-state index is 5.27. The van der Waals surface area contributed by atoms with Crippen molar-refractivity contribution in [2.75, 3.05) is 17.7 Å². The molecule has 5 heteroatoms. The summed E-state index contributed by atoms with van der Waals surface area (Å²) in [5, 5.41) is 4.21. The molecule has 0 saturated heterocycles. The van der Waals surface area contributed by atoms with Crippen LogP contribution < -0.4 is 10.1 Å². The van der Waals surface area contributed by atoms with E-state index >= 15 is 0 Å². The monoisotopic (exact) mass is 237 g/mol. The lowest BCUT2D eigenvalue weighted by atomic mass is 10.4. The highest BCUT2D eigenvalue weighted by molar-refractivity contribution is 8.14. The van der Waals surface area contributed by atoms with Crippen molar-refractivity contribution >= 4 is 22.6 Å². The molecule has 1 aliphatic rings. The van der Waals surface area contributed by atoms with Crippen molar-refractivity contribution in [3.05, 3.63) is 18.3 Å². The lowest BCUT2D eigenvalue weighted by Crippen LogP contribution is -2.05. The molecule has 16 heavy (non-hydrogen) atoms. The molecule has 1 atom stereocenters. The third-order valence-corrected chi connectivity index (χ3v) is 3.21. The molecule has 2 heterocycles. The van der Waals surface area contributed by atoms with Crippen LogP contribution >= 0.6 is 11.8 Å². The summed E-state index contributed by atoms with van der Waals surface area (Å²) in [6, 6.07) is 4.21. The van der Waals surface area contributed by atoms with Gasteiger partial charge in [0.1, 0.15) is 0 Å². The molecule has 0 fully saturated rings. The summed E-state index contributed by atoms with van der Waals surface area (Å²) < 4.78 is 5.27. The lowest BCUT2D eigenvalue weighted by molar-refractivity contribution is 0.327. The molecule has 86 valence electrons. The predicted octanol–water partition coefficient (Wildman–Crippen LogP) is 2.38. The van der Waals surface area contributed by atoms with Gasteiger partial charge in [-0.15, -0.1) is 0 Å². The van der Waals surface area contributed by atoms with E-state index in [4.69, 9.17) is 4.74 Å². The zero-order chi connectivity index (χ0) is 11.4. The fourth-order valence-electron chi connectivity index (χ4n) is 1.35. The summed E-state index contributed by atoms with van der Waals surface area (Å²) in [5.41, 5.74) is 0.948. The van der Waals surface area contributed by atoms with Gasteiger partial charge in [-0.1, -0.05) is 11.8 Å². The second-order valence-electron chi connectivity index (χ2n) is 3.54. The number of hydrogen-bond acceptors (Lipinski definition) is 5. The lowest BCUT2D eigenvalue weighted by Gasteiger charge is -2.05. The quantitative estimate of drug-likeness (QED) is 0.876. The normalized spacial score (nSPS) is 19.4. The molecule has 0 spiro atoms. The largest absolute Gasteiger partial charge is 0.478 e. The van der Waals surface area contributed by atoms with Gasteiger partial charge in [0.25, 0.3) is 0 Å². The Morgan fingerprint density at radius 1 is 1.56 bits per heavy atom. The average Bonchev–Trinajstić information content (AvgIpc) is 2.67. The van der Waals surface area contributed by atoms with E-state index in [9.17, 15) is 0 Å². The van der Waals surface area contributed by atoms with Gasteiger partial charge in [0.05, 0.1) is 24.5 Å². The summed E-state index contributed by atoms with van der Waals surface area (Å²) in [6.45, 7) is 4.69. The molecular formula is C11H15N3OS. The summed E-state index contributed by atoms with van der Waals surface area (Å²) in [5.74, 6) is 1.70. The first-order valence-corrected chi connectivity index (χ1v) is 6.33. The first kappa shape index (κ1) is 11.3. The van der Waals surface area contributed by atoms with Gasteiger partial charge in [-0.3, -0.25) is 4.99 Å². The molecule has 0 radical (unpaired) electrons. The number of aromatic nitrogens is 1. The van der Waals surface area contributed by atoms with E-state index in [2.05, 4.69) is 22.2 Å². The van der Waals surface area contributed by atoms with Crippen LogP contribution in [0.1, 0.15) is 13.8 Å². The molecular weight excluding hydrogens is 222 g/mol. The molecule has 0 aliphatic carbocycles. The molecule has 1 aromatic heterocycles. The minimum Gasteiger partial charge on any atom is -0.478 e. The maximum atomic E-state index is 5.27. The van der Waals surface area contributed by atoms with Crippen molar-refractivity contribution < 1.29 is 4.74 Å². The van der Waals surface area contributed by atoms with E-state index in [1.165, 1.54) is 0 Å². The van der Waals surface area contributed by atoms with Crippen molar-refractivity contribution in [3.8, 4) is 5.88 Å². The van der Waals surface area contributed by atoms with Gasteiger partial charge in [0.15, 0.2) is 5.17 Å². The van der Waals surface area contributed by atoms with Gasteiger partial charge in [-0.05, 0) is 19.9 Å². The Hall–Kier alpha value is -1.23. The zero-order valence-corrected chi connectivity index (χ0v) is 10.3. The van der Waals surface area contributed by atoms with Gasteiger partial charge < -0.3 is 10.1 Å². The molecule has 0 aromatic carbocycles. The highest BCUT2D eigenvalue weighted by atomic mass is 32.2. The summed E-state index contributed by atoms with van der Waals surface area (Å²) in [6.07, 6.45) is 1.76. The van der Waals surface area contributed by atoms with Crippen LogP contribution in [-0.4, -0.2) is 28.6 Å². The van der Waals surface area contributed by atoms with E-state index in [1.54, 1.807) is 18.0 Å². The molecule has 1 aliphatic heterocycles. The van der Waals surface area contributed by atoms with Gasteiger partial charge >= 0.3 is 0 Å². The minimum absolute atomic E-state index is 0.406. The number of nitrogens with one attached hydrogen (secondary N) is 1.